The lowest BCUT2D eigenvalue weighted by Gasteiger charge is -2.36. The van der Waals surface area contributed by atoms with Crippen LogP contribution in [0.5, 0.6) is 0 Å². The Morgan fingerprint density at radius 1 is 1.27 bits per heavy atom. The van der Waals surface area contributed by atoms with Crippen LogP contribution in [0.3, 0.4) is 0 Å². The number of nitrogens with one attached hydrogen (secondary N) is 1. The van der Waals surface area contributed by atoms with Crippen LogP contribution in [0.1, 0.15) is 18.3 Å². The summed E-state index contributed by atoms with van der Waals surface area (Å²) in [5.74, 6) is 1.88. The van der Waals surface area contributed by atoms with Gasteiger partial charge >= 0.3 is 0 Å². The molecule has 1 aliphatic rings. The molecular weight excluding hydrogens is 368 g/mol. The van der Waals surface area contributed by atoms with Crippen molar-refractivity contribution in [3.05, 3.63) is 40.7 Å². The van der Waals surface area contributed by atoms with Crippen molar-refractivity contribution in [2.24, 2.45) is 4.99 Å². The fraction of sp³-hybridized carbons (Fsp3) is 0.500. The maximum atomic E-state index is 6.22. The van der Waals surface area contributed by atoms with Gasteiger partial charge in [-0.3, -0.25) is 4.99 Å². The van der Waals surface area contributed by atoms with Gasteiger partial charge in [0.25, 0.3) is 0 Å². The van der Waals surface area contributed by atoms with Crippen molar-refractivity contribution in [2.75, 3.05) is 44.7 Å². The summed E-state index contributed by atoms with van der Waals surface area (Å²) in [5, 5.41) is 5.31. The lowest BCUT2D eigenvalue weighted by Crippen LogP contribution is -2.52. The molecule has 1 fully saturated rings. The van der Waals surface area contributed by atoms with Gasteiger partial charge in [0.2, 0.25) is 5.13 Å². The van der Waals surface area contributed by atoms with Gasteiger partial charge in [0.1, 0.15) is 5.82 Å². The van der Waals surface area contributed by atoms with Crippen molar-refractivity contribution in [3.8, 4) is 0 Å². The predicted octanol–water partition coefficient (Wildman–Crippen LogP) is 2.69. The van der Waals surface area contributed by atoms with E-state index >= 15 is 0 Å². The topological polar surface area (TPSA) is 56.7 Å². The molecule has 2 aromatic rings. The van der Waals surface area contributed by atoms with Gasteiger partial charge in [0.05, 0.1) is 0 Å². The summed E-state index contributed by atoms with van der Waals surface area (Å²) < 4.78 is 4.39. The van der Waals surface area contributed by atoms with E-state index in [0.717, 1.165) is 73.1 Å². The third-order valence-electron chi connectivity index (χ3n) is 4.47. The first-order chi connectivity index (χ1) is 12.7. The molecule has 140 valence electrons. The summed E-state index contributed by atoms with van der Waals surface area (Å²) in [4.78, 5) is 13.6. The molecule has 0 aliphatic carbocycles. The molecule has 1 aromatic heterocycles. The monoisotopic (exact) mass is 392 g/mol. The molecule has 1 saturated heterocycles. The number of piperazine rings is 1. The number of halogens is 1. The van der Waals surface area contributed by atoms with Crippen LogP contribution < -0.4 is 10.2 Å². The third-order valence-corrected chi connectivity index (χ3v) is 5.65. The Hall–Kier alpha value is -1.86. The Balaban J connectivity index is 1.48. The van der Waals surface area contributed by atoms with Gasteiger partial charge in [-0.25, -0.2) is 4.98 Å². The van der Waals surface area contributed by atoms with Crippen molar-refractivity contribution in [1.29, 1.82) is 0 Å². The van der Waals surface area contributed by atoms with E-state index < -0.39 is 0 Å². The van der Waals surface area contributed by atoms with E-state index in [1.54, 1.807) is 0 Å². The minimum absolute atomic E-state index is 0.812. The van der Waals surface area contributed by atoms with Gasteiger partial charge < -0.3 is 15.1 Å². The van der Waals surface area contributed by atoms with Crippen LogP contribution in [0.25, 0.3) is 0 Å². The van der Waals surface area contributed by atoms with Crippen LogP contribution in [0.4, 0.5) is 5.13 Å². The largest absolute Gasteiger partial charge is 0.356 e. The van der Waals surface area contributed by atoms with Gasteiger partial charge in [-0.2, -0.15) is 4.37 Å². The van der Waals surface area contributed by atoms with Crippen LogP contribution in [0.2, 0.25) is 5.02 Å². The van der Waals surface area contributed by atoms with Crippen LogP contribution in [0, 0.1) is 0 Å². The molecule has 0 spiro atoms. The molecule has 1 aliphatic heterocycles. The smallest absolute Gasteiger partial charge is 0.205 e. The molecule has 6 nitrogen and oxygen atoms in total. The van der Waals surface area contributed by atoms with Gasteiger partial charge in [0, 0.05) is 62.7 Å². The molecule has 1 aromatic carbocycles. The number of aliphatic imine (C=N–C) groups is 1. The Kier molecular flexibility index (Phi) is 6.68. The second-order valence-electron chi connectivity index (χ2n) is 6.14. The summed E-state index contributed by atoms with van der Waals surface area (Å²) >= 11 is 7.72. The number of anilines is 1. The number of hydrogen-bond donors (Lipinski definition) is 1. The van der Waals surface area contributed by atoms with E-state index in [-0.39, 0.29) is 0 Å². The van der Waals surface area contributed by atoms with Gasteiger partial charge in [-0.05, 0) is 18.1 Å². The normalized spacial score (nSPS) is 15.4. The molecule has 0 saturated carbocycles. The fourth-order valence-electron chi connectivity index (χ4n) is 2.97. The average molecular weight is 393 g/mol. The molecule has 0 radical (unpaired) electrons. The molecule has 2 heterocycles. The molecule has 26 heavy (non-hydrogen) atoms. The van der Waals surface area contributed by atoms with E-state index in [4.69, 9.17) is 11.6 Å². The highest BCUT2D eigenvalue weighted by Gasteiger charge is 2.21. The summed E-state index contributed by atoms with van der Waals surface area (Å²) in [7, 11) is 1.84. The Labute approximate surface area is 164 Å². The SMILES string of the molecule is CCc1nsc(N2CCN(C(=NC)NCCc3ccccc3Cl)CC2)n1. The van der Waals surface area contributed by atoms with Crippen molar-refractivity contribution in [2.45, 2.75) is 19.8 Å². The highest BCUT2D eigenvalue weighted by atomic mass is 35.5. The second-order valence-corrected chi connectivity index (χ2v) is 7.27. The number of nitrogens with zero attached hydrogens (tertiary/aromatic N) is 5. The molecule has 0 amide bonds. The number of aryl methyl sites for hydroxylation is 1. The van der Waals surface area contributed by atoms with Crippen LogP contribution in [-0.2, 0) is 12.8 Å². The number of rotatable bonds is 5. The van der Waals surface area contributed by atoms with E-state index in [2.05, 4.69) is 42.5 Å². The lowest BCUT2D eigenvalue weighted by atomic mass is 10.1. The summed E-state index contributed by atoms with van der Waals surface area (Å²) in [6, 6.07) is 7.98. The van der Waals surface area contributed by atoms with E-state index in [1.165, 1.54) is 11.5 Å². The maximum Gasteiger partial charge on any atom is 0.205 e. The highest BCUT2D eigenvalue weighted by Crippen LogP contribution is 2.19. The zero-order chi connectivity index (χ0) is 18.4. The van der Waals surface area contributed by atoms with Crippen molar-refractivity contribution >= 4 is 34.2 Å². The molecule has 8 heteroatoms. The van der Waals surface area contributed by atoms with Crippen LogP contribution >= 0.6 is 23.1 Å². The quantitative estimate of drug-likeness (QED) is 0.626. The average Bonchev–Trinajstić information content (AvgIpc) is 3.16. The van der Waals surface area contributed by atoms with Crippen molar-refractivity contribution in [1.82, 2.24) is 19.6 Å². The van der Waals surface area contributed by atoms with E-state index in [0.29, 0.717) is 0 Å². The molecule has 1 N–H and O–H groups in total. The summed E-state index contributed by atoms with van der Waals surface area (Å²) in [6.07, 6.45) is 1.77. The maximum absolute atomic E-state index is 6.22. The Bertz CT molecular complexity index is 739. The summed E-state index contributed by atoms with van der Waals surface area (Å²) in [5.41, 5.74) is 1.16. The first-order valence-corrected chi connectivity index (χ1v) is 10.1. The molecule has 0 atom stereocenters. The number of benzene rings is 1. The van der Waals surface area contributed by atoms with E-state index in [1.807, 2.05) is 25.2 Å². The molecule has 3 rings (SSSR count). The van der Waals surface area contributed by atoms with Crippen molar-refractivity contribution < 1.29 is 0 Å². The lowest BCUT2D eigenvalue weighted by molar-refractivity contribution is 0.372. The highest BCUT2D eigenvalue weighted by molar-refractivity contribution is 7.09. The van der Waals surface area contributed by atoms with Crippen LogP contribution in [0.15, 0.2) is 29.3 Å². The van der Waals surface area contributed by atoms with E-state index in [9.17, 15) is 0 Å². The Morgan fingerprint density at radius 3 is 2.69 bits per heavy atom. The number of guanidine groups is 1. The number of hydrogen-bond acceptors (Lipinski definition) is 5. The molecular formula is C18H25ClN6S. The first kappa shape index (κ1) is 18.9. The molecule has 0 bridgehead atoms. The number of aromatic nitrogens is 2. The van der Waals surface area contributed by atoms with Crippen molar-refractivity contribution in [3.63, 3.8) is 0 Å². The second kappa shape index (κ2) is 9.19. The predicted molar refractivity (Wildman–Crippen MR) is 110 cm³/mol. The third kappa shape index (κ3) is 4.65. The van der Waals surface area contributed by atoms with Gasteiger partial charge in [0.15, 0.2) is 5.96 Å². The zero-order valence-corrected chi connectivity index (χ0v) is 16.9. The fourth-order valence-corrected chi connectivity index (χ4v) is 4.00. The molecule has 0 unspecified atom stereocenters. The minimum Gasteiger partial charge on any atom is -0.356 e. The van der Waals surface area contributed by atoms with Gasteiger partial charge in [-0.1, -0.05) is 36.7 Å². The van der Waals surface area contributed by atoms with Gasteiger partial charge in [-0.15, -0.1) is 0 Å². The summed E-state index contributed by atoms with van der Waals surface area (Å²) in [6.45, 7) is 6.61. The minimum atomic E-state index is 0.812. The Morgan fingerprint density at radius 2 is 2.04 bits per heavy atom. The first-order valence-electron chi connectivity index (χ1n) is 8.97. The standard InChI is InChI=1S/C18H25ClN6S/c1-3-16-22-18(26-23-16)25-12-10-24(11-13-25)17(20-2)21-9-8-14-6-4-5-7-15(14)19/h4-7H,3,8-13H2,1-2H3,(H,20,21). The van der Waals surface area contributed by atoms with Crippen LogP contribution in [-0.4, -0.2) is 60.0 Å². The zero-order valence-electron chi connectivity index (χ0n) is 15.3.